The number of hydrogen-bond acceptors (Lipinski definition) is 7. The fourth-order valence-electron chi connectivity index (χ4n) is 4.41. The van der Waals surface area contributed by atoms with Crippen LogP contribution in [0.15, 0.2) is 30.5 Å². The number of H-pyrrole nitrogens is 1. The summed E-state index contributed by atoms with van der Waals surface area (Å²) < 4.78 is 0. The Labute approximate surface area is 218 Å². The van der Waals surface area contributed by atoms with Crippen molar-refractivity contribution < 1.29 is 29.1 Å². The van der Waals surface area contributed by atoms with Gasteiger partial charge in [-0.2, -0.15) is 12.6 Å². The fraction of sp³-hybridized carbons (Fsp3) is 0.458. The molecule has 37 heavy (non-hydrogen) atoms. The number of aliphatic carboxylic acids is 1. The van der Waals surface area contributed by atoms with E-state index in [1.165, 1.54) is 4.90 Å². The highest BCUT2D eigenvalue weighted by molar-refractivity contribution is 7.80. The van der Waals surface area contributed by atoms with Gasteiger partial charge in [0, 0.05) is 42.2 Å². The number of carbonyl (C=O) groups is 5. The van der Waals surface area contributed by atoms with Crippen LogP contribution in [-0.4, -0.2) is 81.1 Å². The smallest absolute Gasteiger partial charge is 0.326 e. The molecule has 1 saturated heterocycles. The van der Waals surface area contributed by atoms with Crippen molar-refractivity contribution in [2.24, 2.45) is 11.5 Å². The number of nitrogens with one attached hydrogen (secondary N) is 3. The number of likely N-dealkylation sites (tertiary alicyclic amines) is 1. The van der Waals surface area contributed by atoms with Crippen LogP contribution in [0, 0.1) is 0 Å². The van der Waals surface area contributed by atoms with Gasteiger partial charge in [0.2, 0.25) is 23.6 Å². The number of nitrogens with zero attached hydrogens (tertiary/aromatic N) is 1. The molecule has 4 atom stereocenters. The zero-order valence-electron chi connectivity index (χ0n) is 20.2. The first-order valence-electron chi connectivity index (χ1n) is 12.0. The van der Waals surface area contributed by atoms with Crippen LogP contribution in [-0.2, 0) is 30.4 Å². The molecule has 1 aromatic carbocycles. The van der Waals surface area contributed by atoms with E-state index in [0.29, 0.717) is 19.4 Å². The van der Waals surface area contributed by atoms with Gasteiger partial charge >= 0.3 is 5.97 Å². The molecule has 0 bridgehead atoms. The van der Waals surface area contributed by atoms with E-state index in [1.54, 1.807) is 6.20 Å². The van der Waals surface area contributed by atoms with Crippen molar-refractivity contribution in [1.82, 2.24) is 20.5 Å². The lowest BCUT2D eigenvalue weighted by Crippen LogP contribution is -2.57. The van der Waals surface area contributed by atoms with Crippen LogP contribution in [0.1, 0.15) is 31.2 Å². The number of carboxylic acids is 1. The average Bonchev–Trinajstić information content (AvgIpc) is 3.52. The normalized spacial score (nSPS) is 17.7. The van der Waals surface area contributed by atoms with Gasteiger partial charge in [-0.15, -0.1) is 0 Å². The van der Waals surface area contributed by atoms with E-state index in [9.17, 15) is 29.1 Å². The van der Waals surface area contributed by atoms with E-state index in [-0.39, 0.29) is 25.0 Å². The van der Waals surface area contributed by atoms with Crippen molar-refractivity contribution in [2.75, 3.05) is 12.3 Å². The Kier molecular flexibility index (Phi) is 9.53. The zero-order valence-corrected chi connectivity index (χ0v) is 21.1. The van der Waals surface area contributed by atoms with Crippen molar-refractivity contribution in [3.8, 4) is 0 Å². The largest absolute Gasteiger partial charge is 0.480 e. The maximum absolute atomic E-state index is 13.3. The number of rotatable bonds is 12. The molecule has 2 aromatic rings. The standard InChI is InChI=1S/C24H32N6O6S/c25-15(12-37)23(34)30-9-3-6-19(30)22(33)29-18(10-13-11-27-16-5-2-1-4-14(13)16)21(32)28-17(24(35)36)7-8-20(26)31/h1-2,4-5,11,15,17-19,27,37H,3,6-10,12,25H2,(H2,26,31)(H,28,32)(H,29,33)(H,35,36). The third-order valence-electron chi connectivity index (χ3n) is 6.38. The van der Waals surface area contributed by atoms with Gasteiger partial charge in [-0.3, -0.25) is 19.2 Å². The summed E-state index contributed by atoms with van der Waals surface area (Å²) in [6.45, 7) is 0.353. The maximum atomic E-state index is 13.3. The van der Waals surface area contributed by atoms with E-state index in [4.69, 9.17) is 11.5 Å². The van der Waals surface area contributed by atoms with Crippen LogP contribution in [0.4, 0.5) is 0 Å². The van der Waals surface area contributed by atoms with Crippen molar-refractivity contribution in [1.29, 1.82) is 0 Å². The number of hydrogen-bond donors (Lipinski definition) is 7. The monoisotopic (exact) mass is 532 g/mol. The van der Waals surface area contributed by atoms with Gasteiger partial charge in [-0.05, 0) is 30.9 Å². The number of thiol groups is 1. The van der Waals surface area contributed by atoms with E-state index < -0.39 is 53.8 Å². The predicted molar refractivity (Wildman–Crippen MR) is 138 cm³/mol. The fourth-order valence-corrected chi connectivity index (χ4v) is 4.56. The maximum Gasteiger partial charge on any atom is 0.326 e. The summed E-state index contributed by atoms with van der Waals surface area (Å²) in [6, 6.07) is 3.21. The Morgan fingerprint density at radius 3 is 2.57 bits per heavy atom. The van der Waals surface area contributed by atoms with Crippen molar-refractivity contribution >= 4 is 53.1 Å². The molecule has 1 aliphatic heterocycles. The number of carbonyl (C=O) groups excluding carboxylic acids is 4. The second-order valence-corrected chi connectivity index (χ2v) is 9.37. The highest BCUT2D eigenvalue weighted by Crippen LogP contribution is 2.21. The van der Waals surface area contributed by atoms with Crippen molar-refractivity contribution in [3.05, 3.63) is 36.0 Å². The zero-order chi connectivity index (χ0) is 27.1. The second kappa shape index (κ2) is 12.6. The summed E-state index contributed by atoms with van der Waals surface area (Å²) in [5.41, 5.74) is 12.5. The number of nitrogens with two attached hydrogens (primary N) is 2. The lowest BCUT2D eigenvalue weighted by molar-refractivity contribution is -0.143. The molecule has 12 nitrogen and oxygen atoms in total. The summed E-state index contributed by atoms with van der Waals surface area (Å²) in [7, 11) is 0. The molecule has 1 aliphatic rings. The molecule has 2 heterocycles. The molecule has 3 rings (SSSR count). The highest BCUT2D eigenvalue weighted by atomic mass is 32.1. The average molecular weight is 533 g/mol. The number of aromatic amines is 1. The van der Waals surface area contributed by atoms with Crippen molar-refractivity contribution in [3.63, 3.8) is 0 Å². The van der Waals surface area contributed by atoms with Crippen LogP contribution in [0.25, 0.3) is 10.9 Å². The molecule has 0 radical (unpaired) electrons. The van der Waals surface area contributed by atoms with Gasteiger partial charge in [0.25, 0.3) is 0 Å². The first-order valence-corrected chi connectivity index (χ1v) is 12.6. The molecular weight excluding hydrogens is 500 g/mol. The molecule has 0 spiro atoms. The van der Waals surface area contributed by atoms with Gasteiger partial charge in [0.05, 0.1) is 6.04 Å². The third kappa shape index (κ3) is 7.01. The van der Waals surface area contributed by atoms with E-state index in [2.05, 4.69) is 28.2 Å². The molecule has 8 N–H and O–H groups in total. The first kappa shape index (κ1) is 28.0. The topological polar surface area (TPSA) is 201 Å². The Morgan fingerprint density at radius 2 is 1.89 bits per heavy atom. The van der Waals surface area contributed by atoms with E-state index in [1.807, 2.05) is 24.3 Å². The molecule has 4 amide bonds. The molecular formula is C24H32N6O6S. The molecule has 13 heteroatoms. The minimum absolute atomic E-state index is 0.0561. The molecule has 200 valence electrons. The quantitative estimate of drug-likeness (QED) is 0.175. The number of benzene rings is 1. The Bertz CT molecular complexity index is 1170. The SMILES string of the molecule is NC(=O)CCC(NC(=O)C(Cc1c[nH]c2ccccc12)NC(=O)C1CCCN1C(=O)C(N)CS)C(=O)O. The summed E-state index contributed by atoms with van der Waals surface area (Å²) >= 11 is 4.06. The third-order valence-corrected chi connectivity index (χ3v) is 6.77. The van der Waals surface area contributed by atoms with Crippen LogP contribution in [0.5, 0.6) is 0 Å². The number of fused-ring (bicyclic) bond motifs is 1. The molecule has 0 saturated carbocycles. The Morgan fingerprint density at radius 1 is 1.16 bits per heavy atom. The molecule has 1 fully saturated rings. The number of primary amides is 1. The Balaban J connectivity index is 1.83. The van der Waals surface area contributed by atoms with Gasteiger partial charge in [0.1, 0.15) is 18.1 Å². The highest BCUT2D eigenvalue weighted by Gasteiger charge is 2.38. The summed E-state index contributed by atoms with van der Waals surface area (Å²) in [6.07, 6.45) is 2.33. The summed E-state index contributed by atoms with van der Waals surface area (Å²) in [5.74, 6) is -3.59. The molecule has 4 unspecified atom stereocenters. The minimum Gasteiger partial charge on any atom is -0.480 e. The molecule has 1 aromatic heterocycles. The van der Waals surface area contributed by atoms with E-state index >= 15 is 0 Å². The Hall–Kier alpha value is -3.58. The van der Waals surface area contributed by atoms with Crippen LogP contribution < -0.4 is 22.1 Å². The van der Waals surface area contributed by atoms with Gasteiger partial charge in [-0.25, -0.2) is 4.79 Å². The number of carboxylic acid groups (broad SMARTS) is 1. The minimum atomic E-state index is -1.37. The number of para-hydroxylation sites is 1. The lowest BCUT2D eigenvalue weighted by atomic mass is 10.0. The lowest BCUT2D eigenvalue weighted by Gasteiger charge is -2.28. The predicted octanol–water partition coefficient (Wildman–Crippen LogP) is -0.722. The van der Waals surface area contributed by atoms with Crippen LogP contribution >= 0.6 is 12.6 Å². The van der Waals surface area contributed by atoms with E-state index in [0.717, 1.165) is 16.5 Å². The number of aromatic nitrogens is 1. The summed E-state index contributed by atoms with van der Waals surface area (Å²) in [5, 5.41) is 15.5. The molecule has 0 aliphatic carbocycles. The number of amides is 4. The van der Waals surface area contributed by atoms with Gasteiger partial charge in [-0.1, -0.05) is 18.2 Å². The van der Waals surface area contributed by atoms with Crippen LogP contribution in [0.2, 0.25) is 0 Å². The first-order chi connectivity index (χ1) is 17.6. The van der Waals surface area contributed by atoms with Crippen molar-refractivity contribution in [2.45, 2.75) is 56.3 Å². The summed E-state index contributed by atoms with van der Waals surface area (Å²) in [4.78, 5) is 66.5. The van der Waals surface area contributed by atoms with Gasteiger partial charge < -0.3 is 37.1 Å². The van der Waals surface area contributed by atoms with Gasteiger partial charge in [0.15, 0.2) is 0 Å². The van der Waals surface area contributed by atoms with Crippen LogP contribution in [0.3, 0.4) is 0 Å². The second-order valence-electron chi connectivity index (χ2n) is 9.01.